The van der Waals surface area contributed by atoms with Crippen molar-refractivity contribution in [2.45, 2.75) is 44.1 Å². The number of methoxy groups -OCH3 is 1. The average Bonchev–Trinajstić information content (AvgIpc) is 2.40. The smallest absolute Gasteiger partial charge is 0.122 e. The number of unbranched alkanes of at least 4 members (excludes halogenated alkanes) is 2. The van der Waals surface area contributed by atoms with Gasteiger partial charge in [-0.1, -0.05) is 18.2 Å². The Morgan fingerprint density at radius 3 is 2.84 bits per heavy atom. The van der Waals surface area contributed by atoms with E-state index < -0.39 is 0 Å². The Hall–Kier alpha value is -1.46. The van der Waals surface area contributed by atoms with Crippen molar-refractivity contribution < 1.29 is 4.74 Å². The molecule has 1 aliphatic rings. The van der Waals surface area contributed by atoms with Gasteiger partial charge in [-0.15, -0.1) is 12.3 Å². The predicted octanol–water partition coefficient (Wildman–Crippen LogP) is 3.33. The van der Waals surface area contributed by atoms with Crippen LogP contribution in [-0.2, 0) is 0 Å². The van der Waals surface area contributed by atoms with Crippen LogP contribution in [0.5, 0.6) is 5.75 Å². The summed E-state index contributed by atoms with van der Waals surface area (Å²) in [6.45, 7) is 1.09. The number of hydrogen-bond donors (Lipinski definition) is 1. The van der Waals surface area contributed by atoms with E-state index in [1.54, 1.807) is 7.11 Å². The van der Waals surface area contributed by atoms with Crippen molar-refractivity contribution in [3.05, 3.63) is 29.8 Å². The number of terminal acetylenes is 1. The lowest BCUT2D eigenvalue weighted by atomic mass is 9.75. The first-order chi connectivity index (χ1) is 9.35. The van der Waals surface area contributed by atoms with Gasteiger partial charge in [-0.2, -0.15) is 0 Å². The second-order valence-corrected chi connectivity index (χ2v) is 5.22. The average molecular weight is 257 g/mol. The molecule has 0 bridgehead atoms. The minimum absolute atomic E-state index is 0.652. The predicted molar refractivity (Wildman–Crippen MR) is 79.4 cm³/mol. The molecule has 2 nitrogen and oxygen atoms in total. The van der Waals surface area contributed by atoms with Gasteiger partial charge in [-0.05, 0) is 49.8 Å². The van der Waals surface area contributed by atoms with Crippen molar-refractivity contribution in [1.82, 2.24) is 5.32 Å². The van der Waals surface area contributed by atoms with Crippen LogP contribution in [0, 0.1) is 12.3 Å². The van der Waals surface area contributed by atoms with Gasteiger partial charge in [-0.3, -0.25) is 0 Å². The number of nitrogens with one attached hydrogen (secondary N) is 1. The molecule has 0 aromatic heterocycles. The van der Waals surface area contributed by atoms with E-state index in [0.717, 1.165) is 25.1 Å². The molecule has 2 rings (SSSR count). The lowest BCUT2D eigenvalue weighted by Gasteiger charge is -2.37. The molecule has 0 aliphatic heterocycles. The zero-order chi connectivity index (χ0) is 13.5. The summed E-state index contributed by atoms with van der Waals surface area (Å²) in [4.78, 5) is 0. The van der Waals surface area contributed by atoms with E-state index in [1.807, 2.05) is 6.07 Å². The Morgan fingerprint density at radius 2 is 2.11 bits per heavy atom. The molecule has 0 spiro atoms. The SMILES string of the molecule is C#CCCCCNC1CC(c2ccccc2OC)C1. The summed E-state index contributed by atoms with van der Waals surface area (Å²) in [6.07, 6.45) is 10.9. The van der Waals surface area contributed by atoms with Crippen LogP contribution in [-0.4, -0.2) is 19.7 Å². The quantitative estimate of drug-likeness (QED) is 0.597. The number of ether oxygens (including phenoxy) is 1. The zero-order valence-corrected chi connectivity index (χ0v) is 11.7. The lowest BCUT2D eigenvalue weighted by molar-refractivity contribution is 0.282. The van der Waals surface area contributed by atoms with Crippen LogP contribution >= 0.6 is 0 Å². The second-order valence-electron chi connectivity index (χ2n) is 5.22. The molecule has 102 valence electrons. The highest BCUT2D eigenvalue weighted by Crippen LogP contribution is 2.40. The van der Waals surface area contributed by atoms with Crippen molar-refractivity contribution in [3.63, 3.8) is 0 Å². The van der Waals surface area contributed by atoms with Gasteiger partial charge in [0.05, 0.1) is 7.11 Å². The van der Waals surface area contributed by atoms with E-state index in [9.17, 15) is 0 Å². The summed E-state index contributed by atoms with van der Waals surface area (Å²) in [5.41, 5.74) is 1.36. The van der Waals surface area contributed by atoms with E-state index >= 15 is 0 Å². The van der Waals surface area contributed by atoms with Gasteiger partial charge in [-0.25, -0.2) is 0 Å². The highest BCUT2D eigenvalue weighted by molar-refractivity contribution is 5.37. The van der Waals surface area contributed by atoms with E-state index in [-0.39, 0.29) is 0 Å². The first-order valence-electron chi connectivity index (χ1n) is 7.15. The van der Waals surface area contributed by atoms with Gasteiger partial charge in [0, 0.05) is 12.5 Å². The Bertz CT molecular complexity index is 429. The molecule has 1 aliphatic carbocycles. The van der Waals surface area contributed by atoms with Crippen molar-refractivity contribution in [3.8, 4) is 18.1 Å². The fraction of sp³-hybridized carbons (Fsp3) is 0.529. The Labute approximate surface area is 116 Å². The van der Waals surface area contributed by atoms with Crippen molar-refractivity contribution in [2.75, 3.05) is 13.7 Å². The fourth-order valence-electron chi connectivity index (χ4n) is 2.70. The maximum atomic E-state index is 5.42. The molecule has 0 radical (unpaired) electrons. The first-order valence-corrected chi connectivity index (χ1v) is 7.15. The molecular formula is C17H23NO. The van der Waals surface area contributed by atoms with E-state index in [1.165, 1.54) is 24.8 Å². The fourth-order valence-corrected chi connectivity index (χ4v) is 2.70. The highest BCUT2D eigenvalue weighted by atomic mass is 16.5. The molecule has 2 heteroatoms. The largest absolute Gasteiger partial charge is 0.496 e. The molecule has 1 fully saturated rings. The standard InChI is InChI=1S/C17H23NO/c1-3-4-5-8-11-18-15-12-14(13-15)16-9-6-7-10-17(16)19-2/h1,6-7,9-10,14-15,18H,4-5,8,11-13H2,2H3. The van der Waals surface area contributed by atoms with Gasteiger partial charge >= 0.3 is 0 Å². The Morgan fingerprint density at radius 1 is 1.32 bits per heavy atom. The minimum atomic E-state index is 0.652. The maximum Gasteiger partial charge on any atom is 0.122 e. The molecule has 0 heterocycles. The van der Waals surface area contributed by atoms with Crippen LogP contribution in [0.1, 0.15) is 43.6 Å². The second kappa shape index (κ2) is 7.21. The number of rotatable bonds is 7. The van der Waals surface area contributed by atoms with Gasteiger partial charge in [0.2, 0.25) is 0 Å². The third kappa shape index (κ3) is 3.75. The molecule has 0 saturated heterocycles. The van der Waals surface area contributed by atoms with E-state index in [0.29, 0.717) is 12.0 Å². The molecule has 19 heavy (non-hydrogen) atoms. The van der Waals surface area contributed by atoms with Crippen LogP contribution in [0.15, 0.2) is 24.3 Å². The lowest BCUT2D eigenvalue weighted by Crippen LogP contribution is -2.40. The van der Waals surface area contributed by atoms with E-state index in [4.69, 9.17) is 11.2 Å². The van der Waals surface area contributed by atoms with Crippen molar-refractivity contribution in [1.29, 1.82) is 0 Å². The summed E-state index contributed by atoms with van der Waals surface area (Å²) < 4.78 is 5.42. The Kier molecular flexibility index (Phi) is 5.30. The van der Waals surface area contributed by atoms with E-state index in [2.05, 4.69) is 29.4 Å². The van der Waals surface area contributed by atoms with Crippen molar-refractivity contribution in [2.24, 2.45) is 0 Å². The van der Waals surface area contributed by atoms with Gasteiger partial charge in [0.1, 0.15) is 5.75 Å². The molecule has 1 aromatic rings. The minimum Gasteiger partial charge on any atom is -0.496 e. The van der Waals surface area contributed by atoms with Crippen LogP contribution in [0.2, 0.25) is 0 Å². The molecule has 0 unspecified atom stereocenters. The summed E-state index contributed by atoms with van der Waals surface area (Å²) >= 11 is 0. The van der Waals surface area contributed by atoms with Gasteiger partial charge in [0.15, 0.2) is 0 Å². The third-order valence-corrected chi connectivity index (χ3v) is 3.90. The molecular weight excluding hydrogens is 234 g/mol. The first kappa shape index (κ1) is 14.0. The van der Waals surface area contributed by atoms with Crippen molar-refractivity contribution >= 4 is 0 Å². The zero-order valence-electron chi connectivity index (χ0n) is 11.7. The number of hydrogen-bond acceptors (Lipinski definition) is 2. The molecule has 1 N–H and O–H groups in total. The molecule has 0 atom stereocenters. The Balaban J connectivity index is 1.70. The van der Waals surface area contributed by atoms with Crippen LogP contribution < -0.4 is 10.1 Å². The summed E-state index contributed by atoms with van der Waals surface area (Å²) in [7, 11) is 1.75. The summed E-state index contributed by atoms with van der Waals surface area (Å²) in [5.74, 6) is 4.36. The summed E-state index contributed by atoms with van der Waals surface area (Å²) in [6, 6.07) is 9.03. The van der Waals surface area contributed by atoms with Gasteiger partial charge < -0.3 is 10.1 Å². The monoisotopic (exact) mass is 257 g/mol. The normalized spacial score (nSPS) is 21.5. The number of benzene rings is 1. The van der Waals surface area contributed by atoms with Crippen LogP contribution in [0.3, 0.4) is 0 Å². The number of para-hydroxylation sites is 1. The van der Waals surface area contributed by atoms with Gasteiger partial charge in [0.25, 0.3) is 0 Å². The third-order valence-electron chi connectivity index (χ3n) is 3.90. The topological polar surface area (TPSA) is 21.3 Å². The van der Waals surface area contributed by atoms with Crippen LogP contribution in [0.4, 0.5) is 0 Å². The summed E-state index contributed by atoms with van der Waals surface area (Å²) in [5, 5.41) is 3.61. The molecule has 0 amide bonds. The van der Waals surface area contributed by atoms with Crippen LogP contribution in [0.25, 0.3) is 0 Å². The maximum absolute atomic E-state index is 5.42. The molecule has 1 saturated carbocycles. The molecule has 1 aromatic carbocycles. The highest BCUT2D eigenvalue weighted by Gasteiger charge is 2.31.